The lowest BCUT2D eigenvalue weighted by Gasteiger charge is -2.18. The minimum atomic E-state index is -0.769. The molecule has 0 aromatic carbocycles. The summed E-state index contributed by atoms with van der Waals surface area (Å²) in [6.07, 6.45) is 78.7. The summed E-state index contributed by atoms with van der Waals surface area (Å²) in [5.74, 6) is -0.840. The van der Waals surface area contributed by atoms with Gasteiger partial charge in [-0.1, -0.05) is 327 Å². The molecule has 0 amide bonds. The van der Waals surface area contributed by atoms with Crippen molar-refractivity contribution in [2.24, 2.45) is 0 Å². The normalized spacial score (nSPS) is 12.2. The van der Waals surface area contributed by atoms with E-state index in [1.807, 2.05) is 0 Å². The van der Waals surface area contributed by atoms with Gasteiger partial charge in [0.05, 0.1) is 0 Å². The van der Waals surface area contributed by atoms with Crippen LogP contribution in [-0.4, -0.2) is 37.2 Å². The van der Waals surface area contributed by atoms with Crippen LogP contribution in [0.5, 0.6) is 0 Å². The van der Waals surface area contributed by atoms with Crippen LogP contribution in [0.3, 0.4) is 0 Å². The highest BCUT2D eigenvalue weighted by Gasteiger charge is 2.19. The molecule has 6 nitrogen and oxygen atoms in total. The highest BCUT2D eigenvalue weighted by Crippen LogP contribution is 2.18. The van der Waals surface area contributed by atoms with E-state index >= 15 is 0 Å². The lowest BCUT2D eigenvalue weighted by Crippen LogP contribution is -2.30. The third-order valence-corrected chi connectivity index (χ3v) is 15.1. The van der Waals surface area contributed by atoms with Gasteiger partial charge in [-0.3, -0.25) is 14.4 Å². The fourth-order valence-corrected chi connectivity index (χ4v) is 10.1. The highest BCUT2D eigenvalue weighted by atomic mass is 16.6. The molecule has 0 saturated heterocycles. The Balaban J connectivity index is 4.23. The summed E-state index contributed by atoms with van der Waals surface area (Å²) >= 11 is 0. The maximum absolute atomic E-state index is 12.9. The largest absolute Gasteiger partial charge is 0.462 e. The fraction of sp³-hybridized carbons (Fsp3) is 0.870. The van der Waals surface area contributed by atoms with Gasteiger partial charge < -0.3 is 14.2 Å². The van der Waals surface area contributed by atoms with Crippen molar-refractivity contribution in [2.45, 2.75) is 374 Å². The van der Waals surface area contributed by atoms with E-state index < -0.39 is 6.10 Å². The standard InChI is InChI=1S/C69H128O6/c1-4-7-10-13-16-19-22-25-28-30-31-32-33-34-35-36-37-38-39-40-42-44-47-50-53-56-59-62-68(71)74-65-66(64-73-67(70)61-58-55-52-49-46-43-27-24-21-18-15-12-9-6-3)75-69(72)63-60-57-54-51-48-45-41-29-26-23-20-17-14-11-8-5-2/h22,25,30-31,33-34,66H,4-21,23-24,26-29,32,35-65H2,1-3H3/b25-22-,31-30-,34-33-. The molecule has 0 aliphatic heterocycles. The number of esters is 3. The van der Waals surface area contributed by atoms with Crippen molar-refractivity contribution in [3.8, 4) is 0 Å². The van der Waals surface area contributed by atoms with Gasteiger partial charge in [0, 0.05) is 19.3 Å². The van der Waals surface area contributed by atoms with E-state index in [0.29, 0.717) is 19.3 Å². The Morgan fingerprint density at radius 3 is 0.747 bits per heavy atom. The molecule has 0 radical (unpaired) electrons. The summed E-state index contributed by atoms with van der Waals surface area (Å²) in [6.45, 7) is 6.69. The van der Waals surface area contributed by atoms with Gasteiger partial charge in [-0.25, -0.2) is 0 Å². The molecule has 0 fully saturated rings. The number of ether oxygens (including phenoxy) is 3. The molecule has 0 aromatic rings. The van der Waals surface area contributed by atoms with Crippen molar-refractivity contribution in [3.05, 3.63) is 36.5 Å². The SMILES string of the molecule is CCCCCCC/C=C\C/C=C\C/C=C\CCCCCCCCCCCCCCC(=O)OCC(COC(=O)CCCCCCCCCCCCCCCC)OC(=O)CCCCCCCCCCCCCCCCCC. The van der Waals surface area contributed by atoms with Crippen LogP contribution in [0.4, 0.5) is 0 Å². The number of hydrogen-bond donors (Lipinski definition) is 0. The van der Waals surface area contributed by atoms with E-state index in [9.17, 15) is 14.4 Å². The van der Waals surface area contributed by atoms with E-state index in [1.54, 1.807) is 0 Å². The Labute approximate surface area is 467 Å². The lowest BCUT2D eigenvalue weighted by molar-refractivity contribution is -0.167. The van der Waals surface area contributed by atoms with Crippen molar-refractivity contribution < 1.29 is 28.6 Å². The van der Waals surface area contributed by atoms with E-state index in [1.165, 1.54) is 257 Å². The first kappa shape index (κ1) is 72.6. The molecule has 0 aliphatic carbocycles. The summed E-state index contributed by atoms with van der Waals surface area (Å²) in [6, 6.07) is 0. The average Bonchev–Trinajstić information content (AvgIpc) is 3.41. The summed E-state index contributed by atoms with van der Waals surface area (Å²) in [7, 11) is 0. The molecule has 0 rings (SSSR count). The molecular formula is C69H128O6. The maximum Gasteiger partial charge on any atom is 0.306 e. The Morgan fingerprint density at radius 2 is 0.480 bits per heavy atom. The van der Waals surface area contributed by atoms with Crippen LogP contribution in [0.25, 0.3) is 0 Å². The molecule has 0 saturated carbocycles. The number of carbonyl (C=O) groups excluding carboxylic acids is 3. The molecule has 75 heavy (non-hydrogen) atoms. The smallest absolute Gasteiger partial charge is 0.306 e. The second-order valence-corrected chi connectivity index (χ2v) is 22.7. The lowest BCUT2D eigenvalue weighted by atomic mass is 10.0. The molecule has 6 heteroatoms. The monoisotopic (exact) mass is 1050 g/mol. The molecule has 0 N–H and O–H groups in total. The predicted molar refractivity (Wildman–Crippen MR) is 326 cm³/mol. The van der Waals surface area contributed by atoms with E-state index in [2.05, 4.69) is 57.2 Å². The van der Waals surface area contributed by atoms with Gasteiger partial charge in [-0.15, -0.1) is 0 Å². The zero-order valence-corrected chi connectivity index (χ0v) is 50.6. The zero-order valence-electron chi connectivity index (χ0n) is 50.6. The maximum atomic E-state index is 12.9. The first-order chi connectivity index (χ1) is 37.0. The van der Waals surface area contributed by atoms with Crippen LogP contribution in [0, 0.1) is 0 Å². The summed E-state index contributed by atoms with van der Waals surface area (Å²) in [4.78, 5) is 38.3. The number of allylic oxidation sites excluding steroid dienone is 6. The van der Waals surface area contributed by atoms with Gasteiger partial charge in [0.1, 0.15) is 13.2 Å². The number of hydrogen-bond acceptors (Lipinski definition) is 6. The van der Waals surface area contributed by atoms with Gasteiger partial charge in [0.2, 0.25) is 0 Å². The second kappa shape index (κ2) is 64.2. The van der Waals surface area contributed by atoms with Crippen molar-refractivity contribution in [1.29, 1.82) is 0 Å². The highest BCUT2D eigenvalue weighted by molar-refractivity contribution is 5.71. The molecule has 1 atom stereocenters. The quantitative estimate of drug-likeness (QED) is 0.0261. The van der Waals surface area contributed by atoms with Crippen molar-refractivity contribution in [3.63, 3.8) is 0 Å². The molecule has 0 heterocycles. The predicted octanol–water partition coefficient (Wildman–Crippen LogP) is 22.8. The summed E-state index contributed by atoms with van der Waals surface area (Å²) in [5, 5.41) is 0. The van der Waals surface area contributed by atoms with E-state index in [0.717, 1.165) is 70.6 Å². The van der Waals surface area contributed by atoms with Gasteiger partial charge >= 0.3 is 17.9 Å². The number of rotatable bonds is 62. The molecule has 0 aliphatic rings. The Kier molecular flexibility index (Phi) is 62.1. The minimum Gasteiger partial charge on any atom is -0.462 e. The zero-order chi connectivity index (χ0) is 54.3. The first-order valence-electron chi connectivity index (χ1n) is 33.5. The molecular weight excluding hydrogens is 925 g/mol. The van der Waals surface area contributed by atoms with Crippen molar-refractivity contribution in [1.82, 2.24) is 0 Å². The molecule has 0 bridgehead atoms. The van der Waals surface area contributed by atoms with Crippen LogP contribution in [0.1, 0.15) is 367 Å². The first-order valence-corrected chi connectivity index (χ1v) is 33.5. The topological polar surface area (TPSA) is 78.9 Å². The van der Waals surface area contributed by atoms with Crippen LogP contribution < -0.4 is 0 Å². The molecule has 0 spiro atoms. The molecule has 440 valence electrons. The second-order valence-electron chi connectivity index (χ2n) is 22.7. The summed E-state index contributed by atoms with van der Waals surface area (Å²) < 4.78 is 17.0. The van der Waals surface area contributed by atoms with Crippen LogP contribution in [0.15, 0.2) is 36.5 Å². The van der Waals surface area contributed by atoms with E-state index in [4.69, 9.17) is 14.2 Å². The van der Waals surface area contributed by atoms with Crippen molar-refractivity contribution >= 4 is 17.9 Å². The number of carbonyl (C=O) groups is 3. The van der Waals surface area contributed by atoms with Gasteiger partial charge in [0.25, 0.3) is 0 Å². The Bertz CT molecular complexity index is 1250. The summed E-state index contributed by atoms with van der Waals surface area (Å²) in [5.41, 5.74) is 0. The Morgan fingerprint density at radius 1 is 0.267 bits per heavy atom. The number of unbranched alkanes of at least 4 members (excludes halogenated alkanes) is 45. The van der Waals surface area contributed by atoms with Gasteiger partial charge in [-0.05, 0) is 57.8 Å². The van der Waals surface area contributed by atoms with Crippen molar-refractivity contribution in [2.75, 3.05) is 13.2 Å². The third-order valence-electron chi connectivity index (χ3n) is 15.1. The average molecular weight is 1050 g/mol. The van der Waals surface area contributed by atoms with Crippen LogP contribution in [-0.2, 0) is 28.6 Å². The Hall–Kier alpha value is -2.37. The molecule has 0 aromatic heterocycles. The minimum absolute atomic E-state index is 0.0662. The van der Waals surface area contributed by atoms with Gasteiger partial charge in [0.15, 0.2) is 6.10 Å². The van der Waals surface area contributed by atoms with Crippen LogP contribution in [0.2, 0.25) is 0 Å². The fourth-order valence-electron chi connectivity index (χ4n) is 10.1. The van der Waals surface area contributed by atoms with Crippen LogP contribution >= 0.6 is 0 Å². The molecule has 1 unspecified atom stereocenters. The third kappa shape index (κ3) is 62.4. The van der Waals surface area contributed by atoms with E-state index in [-0.39, 0.29) is 31.1 Å². The van der Waals surface area contributed by atoms with Gasteiger partial charge in [-0.2, -0.15) is 0 Å².